The Kier molecular flexibility index (Phi) is 6.23. The number of hydrogen-bond donors (Lipinski definition) is 1. The van der Waals surface area contributed by atoms with Gasteiger partial charge in [0.2, 0.25) is 5.75 Å². The lowest BCUT2D eigenvalue weighted by Crippen LogP contribution is -2.29. The van der Waals surface area contributed by atoms with Crippen LogP contribution < -0.4 is 19.1 Å². The number of ether oxygens (including phenoxy) is 3. The zero-order valence-corrected chi connectivity index (χ0v) is 19.2. The molecule has 1 N–H and O–H groups in total. The van der Waals surface area contributed by atoms with Gasteiger partial charge < -0.3 is 19.3 Å². The van der Waals surface area contributed by atoms with Gasteiger partial charge in [0.1, 0.15) is 5.76 Å². The molecule has 1 amide bonds. The molecular formula is C26H24N2O6. The number of aliphatic hydroxyl groups is 1. The summed E-state index contributed by atoms with van der Waals surface area (Å²) in [5.74, 6) is -0.759. The van der Waals surface area contributed by atoms with E-state index in [-0.39, 0.29) is 11.3 Å². The molecule has 1 saturated heterocycles. The molecule has 174 valence electrons. The number of methoxy groups -OCH3 is 3. The quantitative estimate of drug-likeness (QED) is 0.337. The second kappa shape index (κ2) is 9.27. The van der Waals surface area contributed by atoms with E-state index in [1.807, 2.05) is 19.1 Å². The first-order chi connectivity index (χ1) is 16.4. The van der Waals surface area contributed by atoms with E-state index in [9.17, 15) is 14.7 Å². The molecule has 1 atom stereocenters. The Labute approximate surface area is 197 Å². The van der Waals surface area contributed by atoms with Crippen molar-refractivity contribution in [2.75, 3.05) is 26.2 Å². The van der Waals surface area contributed by atoms with E-state index >= 15 is 0 Å². The fraction of sp³-hybridized carbons (Fsp3) is 0.192. The smallest absolute Gasteiger partial charge is 0.300 e. The molecule has 1 fully saturated rings. The Balaban J connectivity index is 2.02. The van der Waals surface area contributed by atoms with Crippen molar-refractivity contribution in [2.24, 2.45) is 0 Å². The fourth-order valence-corrected chi connectivity index (χ4v) is 4.12. The van der Waals surface area contributed by atoms with Crippen LogP contribution in [0.25, 0.3) is 5.76 Å². The number of Topliss-reactive ketones (excluding diaryl/α,β-unsaturated/α-hetero) is 1. The number of aromatic nitrogens is 1. The molecule has 3 aromatic rings. The fourth-order valence-electron chi connectivity index (χ4n) is 4.12. The van der Waals surface area contributed by atoms with Crippen LogP contribution in [0.4, 0.5) is 5.69 Å². The van der Waals surface area contributed by atoms with Crippen LogP contribution in [0.5, 0.6) is 17.2 Å². The molecule has 1 aliphatic heterocycles. The Morgan fingerprint density at radius 2 is 1.59 bits per heavy atom. The first-order valence-corrected chi connectivity index (χ1v) is 10.5. The summed E-state index contributed by atoms with van der Waals surface area (Å²) in [7, 11) is 4.45. The Bertz CT molecular complexity index is 1260. The minimum Gasteiger partial charge on any atom is -0.507 e. The van der Waals surface area contributed by atoms with Crippen molar-refractivity contribution >= 4 is 23.1 Å². The molecule has 2 heterocycles. The number of hydrogen-bond acceptors (Lipinski definition) is 7. The van der Waals surface area contributed by atoms with Crippen LogP contribution in [0.1, 0.15) is 22.7 Å². The number of rotatable bonds is 6. The van der Waals surface area contributed by atoms with Crippen LogP contribution in [0, 0.1) is 6.92 Å². The Morgan fingerprint density at radius 1 is 0.941 bits per heavy atom. The molecule has 1 unspecified atom stereocenters. The maximum Gasteiger partial charge on any atom is 0.300 e. The molecule has 34 heavy (non-hydrogen) atoms. The number of pyridine rings is 1. The molecule has 0 spiro atoms. The minimum absolute atomic E-state index is 0.0491. The average molecular weight is 460 g/mol. The molecule has 0 radical (unpaired) electrons. The number of ketones is 1. The number of nitrogens with zero attached hydrogens (tertiary/aromatic N) is 2. The Hall–Kier alpha value is -4.33. The van der Waals surface area contributed by atoms with Crippen LogP contribution in [0.2, 0.25) is 0 Å². The van der Waals surface area contributed by atoms with Gasteiger partial charge in [-0.3, -0.25) is 19.5 Å². The second-order valence-electron chi connectivity index (χ2n) is 7.70. The third-order valence-electron chi connectivity index (χ3n) is 5.68. The van der Waals surface area contributed by atoms with Crippen molar-refractivity contribution in [2.45, 2.75) is 13.0 Å². The van der Waals surface area contributed by atoms with Crippen molar-refractivity contribution in [1.82, 2.24) is 4.98 Å². The molecule has 1 aromatic heterocycles. The molecule has 4 rings (SSSR count). The van der Waals surface area contributed by atoms with Crippen molar-refractivity contribution < 1.29 is 28.9 Å². The zero-order valence-electron chi connectivity index (χ0n) is 19.2. The van der Waals surface area contributed by atoms with E-state index in [0.717, 1.165) is 5.56 Å². The maximum atomic E-state index is 13.3. The van der Waals surface area contributed by atoms with Crippen molar-refractivity contribution in [3.8, 4) is 17.2 Å². The molecule has 2 aromatic carbocycles. The number of carbonyl (C=O) groups is 2. The van der Waals surface area contributed by atoms with Crippen LogP contribution >= 0.6 is 0 Å². The highest BCUT2D eigenvalue weighted by Crippen LogP contribution is 2.47. The van der Waals surface area contributed by atoms with E-state index in [1.54, 1.807) is 36.4 Å². The van der Waals surface area contributed by atoms with Gasteiger partial charge in [-0.1, -0.05) is 12.1 Å². The largest absolute Gasteiger partial charge is 0.507 e. The molecular weight excluding hydrogens is 436 g/mol. The van der Waals surface area contributed by atoms with Crippen LogP contribution in [-0.2, 0) is 9.59 Å². The lowest BCUT2D eigenvalue weighted by Gasteiger charge is -2.27. The monoisotopic (exact) mass is 460 g/mol. The molecule has 0 saturated carbocycles. The van der Waals surface area contributed by atoms with Gasteiger partial charge in [-0.25, -0.2) is 0 Å². The highest BCUT2D eigenvalue weighted by atomic mass is 16.5. The second-order valence-corrected chi connectivity index (χ2v) is 7.70. The van der Waals surface area contributed by atoms with Crippen LogP contribution in [-0.4, -0.2) is 43.1 Å². The lowest BCUT2D eigenvalue weighted by molar-refractivity contribution is -0.132. The van der Waals surface area contributed by atoms with Crippen molar-refractivity contribution in [1.29, 1.82) is 0 Å². The zero-order chi connectivity index (χ0) is 24.4. The standard InChI is InChI=1S/C26H24N2O6/c1-15-6-5-7-18(12-15)28-22(17-13-19(32-2)25(34-4)20(14-17)33-3)21(24(30)26(28)31)23(29)16-8-10-27-11-9-16/h5-14,22,29H,1-4H3/b23-21+. The summed E-state index contributed by atoms with van der Waals surface area (Å²) in [6, 6.07) is 12.8. The minimum atomic E-state index is -0.941. The first kappa shape index (κ1) is 22.8. The van der Waals surface area contributed by atoms with Gasteiger partial charge >= 0.3 is 0 Å². The summed E-state index contributed by atoms with van der Waals surface area (Å²) in [5.41, 5.74) is 2.26. The topological polar surface area (TPSA) is 98.2 Å². The lowest BCUT2D eigenvalue weighted by atomic mass is 9.94. The number of benzene rings is 2. The normalized spacial score (nSPS) is 17.1. The van der Waals surface area contributed by atoms with Crippen molar-refractivity contribution in [3.05, 3.63) is 83.2 Å². The summed E-state index contributed by atoms with van der Waals surface area (Å²) >= 11 is 0. The van der Waals surface area contributed by atoms with Gasteiger partial charge in [0.25, 0.3) is 11.7 Å². The van der Waals surface area contributed by atoms with Crippen LogP contribution in [0.15, 0.2) is 66.5 Å². The van der Waals surface area contributed by atoms with E-state index in [4.69, 9.17) is 14.2 Å². The average Bonchev–Trinajstić information content (AvgIpc) is 3.13. The molecule has 8 nitrogen and oxygen atoms in total. The maximum absolute atomic E-state index is 13.3. The van der Waals surface area contributed by atoms with Gasteiger partial charge in [0.05, 0.1) is 32.9 Å². The molecule has 0 bridgehead atoms. The third kappa shape index (κ3) is 3.83. The number of carbonyl (C=O) groups excluding carboxylic acids is 2. The third-order valence-corrected chi connectivity index (χ3v) is 5.68. The van der Waals surface area contributed by atoms with Gasteiger partial charge in [-0.15, -0.1) is 0 Å². The number of anilines is 1. The predicted octanol–water partition coefficient (Wildman–Crippen LogP) is 4.04. The van der Waals surface area contributed by atoms with Gasteiger partial charge in [-0.2, -0.15) is 0 Å². The van der Waals surface area contributed by atoms with Crippen molar-refractivity contribution in [3.63, 3.8) is 0 Å². The SMILES string of the molecule is COc1cc(C2/C(=C(\O)c3ccncc3)C(=O)C(=O)N2c2cccc(C)c2)cc(OC)c1OC. The number of amides is 1. The molecule has 8 heteroatoms. The predicted molar refractivity (Wildman–Crippen MR) is 126 cm³/mol. The van der Waals surface area contributed by atoms with Gasteiger partial charge in [-0.05, 0) is 54.4 Å². The summed E-state index contributed by atoms with van der Waals surface area (Å²) in [6.07, 6.45) is 3.00. The van der Waals surface area contributed by atoms with Gasteiger partial charge in [0, 0.05) is 23.6 Å². The Morgan fingerprint density at radius 3 is 2.15 bits per heavy atom. The van der Waals surface area contributed by atoms with E-state index in [1.165, 1.54) is 38.6 Å². The highest BCUT2D eigenvalue weighted by Gasteiger charge is 2.47. The highest BCUT2D eigenvalue weighted by molar-refractivity contribution is 6.51. The molecule has 0 aliphatic carbocycles. The first-order valence-electron chi connectivity index (χ1n) is 10.5. The summed E-state index contributed by atoms with van der Waals surface area (Å²) < 4.78 is 16.4. The van der Waals surface area contributed by atoms with E-state index in [0.29, 0.717) is 34.1 Å². The summed E-state index contributed by atoms with van der Waals surface area (Å²) in [6.45, 7) is 1.89. The molecule has 1 aliphatic rings. The number of aryl methyl sites for hydroxylation is 1. The van der Waals surface area contributed by atoms with E-state index < -0.39 is 17.7 Å². The van der Waals surface area contributed by atoms with E-state index in [2.05, 4.69) is 4.98 Å². The summed E-state index contributed by atoms with van der Waals surface area (Å²) in [5, 5.41) is 11.2. The van der Waals surface area contributed by atoms with Crippen LogP contribution in [0.3, 0.4) is 0 Å². The summed E-state index contributed by atoms with van der Waals surface area (Å²) in [4.78, 5) is 31.9. The van der Waals surface area contributed by atoms with Gasteiger partial charge in [0.15, 0.2) is 11.5 Å². The number of aliphatic hydroxyl groups excluding tert-OH is 1.